The van der Waals surface area contributed by atoms with Crippen LogP contribution in [0.25, 0.3) is 6.08 Å². The van der Waals surface area contributed by atoms with Gasteiger partial charge in [-0.1, -0.05) is 6.92 Å². The molecule has 0 bridgehead atoms. The number of rotatable bonds is 6. The molecule has 1 atom stereocenters. The van der Waals surface area contributed by atoms with E-state index in [9.17, 15) is 9.59 Å². The van der Waals surface area contributed by atoms with Crippen molar-refractivity contribution in [1.29, 1.82) is 0 Å². The lowest BCUT2D eigenvalue weighted by Gasteiger charge is -2.19. The van der Waals surface area contributed by atoms with Crippen LogP contribution in [0.5, 0.6) is 17.2 Å². The van der Waals surface area contributed by atoms with Gasteiger partial charge in [0, 0.05) is 18.2 Å². The number of thioether (sulfide) groups is 1. The largest absolute Gasteiger partial charge is 0.496 e. The van der Waals surface area contributed by atoms with Gasteiger partial charge in [0.2, 0.25) is 0 Å². The lowest BCUT2D eigenvalue weighted by molar-refractivity contribution is -0.124. The van der Waals surface area contributed by atoms with Crippen LogP contribution >= 0.6 is 11.8 Å². The number of carbonyl (C=O) groups excluding carboxylic acids is 2. The zero-order valence-corrected chi connectivity index (χ0v) is 15.2. The average molecular weight is 351 g/mol. The highest BCUT2D eigenvalue weighted by atomic mass is 32.2. The molecule has 0 N–H and O–H groups in total. The summed E-state index contributed by atoms with van der Waals surface area (Å²) < 4.78 is 16.0. The van der Waals surface area contributed by atoms with Crippen LogP contribution in [-0.2, 0) is 4.79 Å². The number of carbonyl (C=O) groups is 2. The number of nitrogens with zero attached hydrogens (tertiary/aromatic N) is 1. The molecule has 0 saturated carbocycles. The molecular formula is C17H21NO5S. The number of hydrogen-bond donors (Lipinski definition) is 0. The van der Waals surface area contributed by atoms with Crippen LogP contribution in [0.4, 0.5) is 4.79 Å². The molecule has 0 radical (unpaired) electrons. The van der Waals surface area contributed by atoms with E-state index in [2.05, 4.69) is 0 Å². The number of imide groups is 1. The summed E-state index contributed by atoms with van der Waals surface area (Å²) >= 11 is 0.925. The molecule has 1 aromatic carbocycles. The van der Waals surface area contributed by atoms with E-state index in [0.29, 0.717) is 34.1 Å². The van der Waals surface area contributed by atoms with Gasteiger partial charge in [0.25, 0.3) is 11.1 Å². The van der Waals surface area contributed by atoms with Crippen LogP contribution in [0.15, 0.2) is 17.0 Å². The minimum atomic E-state index is -0.292. The van der Waals surface area contributed by atoms with Gasteiger partial charge in [0.1, 0.15) is 17.2 Å². The molecule has 0 aliphatic carbocycles. The van der Waals surface area contributed by atoms with E-state index >= 15 is 0 Å². The first-order valence-electron chi connectivity index (χ1n) is 7.53. The monoisotopic (exact) mass is 351 g/mol. The van der Waals surface area contributed by atoms with Gasteiger partial charge < -0.3 is 14.2 Å². The molecule has 1 heterocycles. The summed E-state index contributed by atoms with van der Waals surface area (Å²) in [6.07, 6.45) is 2.34. The third-order valence-corrected chi connectivity index (χ3v) is 4.77. The molecule has 130 valence electrons. The maximum atomic E-state index is 12.6. The zero-order valence-electron chi connectivity index (χ0n) is 14.4. The molecule has 0 aromatic heterocycles. The summed E-state index contributed by atoms with van der Waals surface area (Å²) in [5.41, 5.74) is 0.593. The lowest BCUT2D eigenvalue weighted by atomic mass is 10.1. The van der Waals surface area contributed by atoms with Crippen molar-refractivity contribution in [3.8, 4) is 17.2 Å². The minimum absolute atomic E-state index is 0.136. The van der Waals surface area contributed by atoms with Gasteiger partial charge in [-0.3, -0.25) is 14.5 Å². The maximum Gasteiger partial charge on any atom is 0.293 e. The molecule has 1 aliphatic heterocycles. The topological polar surface area (TPSA) is 65.1 Å². The molecule has 1 aliphatic rings. The van der Waals surface area contributed by atoms with Crippen molar-refractivity contribution < 1.29 is 23.8 Å². The summed E-state index contributed by atoms with van der Waals surface area (Å²) in [6.45, 7) is 3.79. The first-order chi connectivity index (χ1) is 11.5. The third-order valence-electron chi connectivity index (χ3n) is 3.88. The highest BCUT2D eigenvalue weighted by Crippen LogP contribution is 2.40. The second kappa shape index (κ2) is 7.61. The average Bonchev–Trinajstić information content (AvgIpc) is 2.87. The zero-order chi connectivity index (χ0) is 17.9. The van der Waals surface area contributed by atoms with Crippen molar-refractivity contribution in [3.63, 3.8) is 0 Å². The Balaban J connectivity index is 2.48. The molecule has 2 amide bonds. The fourth-order valence-corrected chi connectivity index (χ4v) is 3.26. The predicted molar refractivity (Wildman–Crippen MR) is 93.7 cm³/mol. The highest BCUT2D eigenvalue weighted by Gasteiger charge is 2.37. The Morgan fingerprint density at radius 1 is 1.12 bits per heavy atom. The summed E-state index contributed by atoms with van der Waals surface area (Å²) in [5, 5.41) is -0.257. The van der Waals surface area contributed by atoms with Crippen LogP contribution in [0.2, 0.25) is 0 Å². The van der Waals surface area contributed by atoms with Gasteiger partial charge in [-0.2, -0.15) is 0 Å². The van der Waals surface area contributed by atoms with Crippen molar-refractivity contribution in [2.45, 2.75) is 26.3 Å². The van der Waals surface area contributed by atoms with Crippen molar-refractivity contribution >= 4 is 29.0 Å². The SMILES string of the molecule is CC[C@H](C)N1C(=O)S/C(=C/c2c(OC)cc(OC)cc2OC)C1=O. The normalized spacial score (nSPS) is 17.4. The van der Waals surface area contributed by atoms with Crippen molar-refractivity contribution in [3.05, 3.63) is 22.6 Å². The van der Waals surface area contributed by atoms with E-state index < -0.39 is 0 Å². The van der Waals surface area contributed by atoms with Crippen LogP contribution in [0.3, 0.4) is 0 Å². The smallest absolute Gasteiger partial charge is 0.293 e. The van der Waals surface area contributed by atoms with Crippen LogP contribution in [0.1, 0.15) is 25.8 Å². The molecule has 7 heteroatoms. The quantitative estimate of drug-likeness (QED) is 0.730. The number of hydrogen-bond acceptors (Lipinski definition) is 6. The van der Waals surface area contributed by atoms with Crippen molar-refractivity contribution in [2.75, 3.05) is 21.3 Å². The molecule has 6 nitrogen and oxygen atoms in total. The van der Waals surface area contributed by atoms with Gasteiger partial charge in [0.05, 0.1) is 31.8 Å². The summed E-state index contributed by atoms with van der Waals surface area (Å²) in [7, 11) is 4.60. The predicted octanol–water partition coefficient (Wildman–Crippen LogP) is 3.55. The molecule has 1 aromatic rings. The number of ether oxygens (including phenoxy) is 3. The van der Waals surface area contributed by atoms with E-state index in [1.807, 2.05) is 13.8 Å². The van der Waals surface area contributed by atoms with Gasteiger partial charge in [-0.05, 0) is 31.2 Å². The Morgan fingerprint density at radius 2 is 1.71 bits per heavy atom. The first-order valence-corrected chi connectivity index (χ1v) is 8.35. The molecular weight excluding hydrogens is 330 g/mol. The van der Waals surface area contributed by atoms with Crippen LogP contribution in [0, 0.1) is 0 Å². The van der Waals surface area contributed by atoms with E-state index in [1.54, 1.807) is 25.3 Å². The summed E-state index contributed by atoms with van der Waals surface area (Å²) in [4.78, 5) is 26.3. The second-order valence-electron chi connectivity index (χ2n) is 5.25. The standard InChI is InChI=1S/C17H21NO5S/c1-6-10(2)18-16(19)15(24-17(18)20)9-12-13(22-4)7-11(21-3)8-14(12)23-5/h7-10H,6H2,1-5H3/b15-9+/t10-/m0/s1. The molecule has 24 heavy (non-hydrogen) atoms. The van der Waals surface area contributed by atoms with Crippen LogP contribution < -0.4 is 14.2 Å². The maximum absolute atomic E-state index is 12.6. The van der Waals surface area contributed by atoms with Crippen molar-refractivity contribution in [1.82, 2.24) is 4.90 Å². The van der Waals surface area contributed by atoms with E-state index in [4.69, 9.17) is 14.2 Å². The fourth-order valence-electron chi connectivity index (χ4n) is 2.35. The Labute approximate surface area is 145 Å². The van der Waals surface area contributed by atoms with Crippen LogP contribution in [-0.4, -0.2) is 43.4 Å². The lowest BCUT2D eigenvalue weighted by Crippen LogP contribution is -2.36. The second-order valence-corrected chi connectivity index (χ2v) is 6.25. The van der Waals surface area contributed by atoms with E-state index in [-0.39, 0.29) is 17.2 Å². The molecule has 0 spiro atoms. The molecule has 1 saturated heterocycles. The fraction of sp³-hybridized carbons (Fsp3) is 0.412. The Hall–Kier alpha value is -2.15. The van der Waals surface area contributed by atoms with Gasteiger partial charge in [-0.25, -0.2) is 0 Å². The van der Waals surface area contributed by atoms with Crippen molar-refractivity contribution in [2.24, 2.45) is 0 Å². The number of benzene rings is 1. The molecule has 2 rings (SSSR count). The van der Waals surface area contributed by atoms with Gasteiger partial charge in [0.15, 0.2) is 0 Å². The van der Waals surface area contributed by atoms with Gasteiger partial charge in [-0.15, -0.1) is 0 Å². The third kappa shape index (κ3) is 3.36. The summed E-state index contributed by atoms with van der Waals surface area (Å²) in [5.74, 6) is 1.29. The minimum Gasteiger partial charge on any atom is -0.496 e. The number of methoxy groups -OCH3 is 3. The summed E-state index contributed by atoms with van der Waals surface area (Å²) in [6, 6.07) is 3.27. The van der Waals surface area contributed by atoms with Gasteiger partial charge >= 0.3 is 0 Å². The molecule has 1 fully saturated rings. The Morgan fingerprint density at radius 3 is 2.17 bits per heavy atom. The van der Waals surface area contributed by atoms with E-state index in [1.165, 1.54) is 19.1 Å². The highest BCUT2D eigenvalue weighted by molar-refractivity contribution is 8.18. The first kappa shape index (κ1) is 18.2. The Bertz CT molecular complexity index is 661. The molecule has 0 unspecified atom stereocenters. The Kier molecular flexibility index (Phi) is 5.77. The van der Waals surface area contributed by atoms with E-state index in [0.717, 1.165) is 11.8 Å². The number of amides is 2.